The van der Waals surface area contributed by atoms with Crippen molar-refractivity contribution in [2.75, 3.05) is 5.32 Å². The Labute approximate surface area is 153 Å². The van der Waals surface area contributed by atoms with Crippen molar-refractivity contribution in [1.29, 1.82) is 0 Å². The molecule has 0 unspecified atom stereocenters. The fourth-order valence-electron chi connectivity index (χ4n) is 2.38. The maximum absolute atomic E-state index is 12.3. The first-order valence-electron chi connectivity index (χ1n) is 7.56. The number of nitrogens with zero attached hydrogens (tertiary/aromatic N) is 1. The molecule has 0 spiro atoms. The number of hydrogen-bond acceptors (Lipinski definition) is 3. The molecule has 1 amide bonds. The fourth-order valence-corrected chi connectivity index (χ4v) is 3.47. The van der Waals surface area contributed by atoms with Crippen molar-refractivity contribution < 1.29 is 4.79 Å². The molecule has 0 bridgehead atoms. The highest BCUT2D eigenvalue weighted by Gasteiger charge is 2.13. The molecule has 1 heterocycles. The lowest BCUT2D eigenvalue weighted by Crippen LogP contribution is -2.11. The van der Waals surface area contributed by atoms with Gasteiger partial charge in [-0.25, -0.2) is 4.98 Å². The number of benzene rings is 2. The number of halogens is 1. The van der Waals surface area contributed by atoms with Crippen LogP contribution in [0.3, 0.4) is 0 Å². The van der Waals surface area contributed by atoms with Gasteiger partial charge in [-0.2, -0.15) is 0 Å². The lowest BCUT2D eigenvalue weighted by Gasteiger charge is -2.04. The van der Waals surface area contributed by atoms with Gasteiger partial charge in [0.05, 0.1) is 5.69 Å². The lowest BCUT2D eigenvalue weighted by molar-refractivity contribution is 0.102. The van der Waals surface area contributed by atoms with Gasteiger partial charge in [0.15, 0.2) is 5.13 Å². The van der Waals surface area contributed by atoms with E-state index in [2.05, 4.69) is 58.3 Å². The molecular weight excluding hydrogens is 384 g/mol. The van der Waals surface area contributed by atoms with Gasteiger partial charge in [0.25, 0.3) is 5.91 Å². The normalized spacial score (nSPS) is 10.7. The number of aryl methyl sites for hydroxylation is 3. The standard InChI is InChI=1S/C19H17BrN2OS/c1-11-4-5-15(10-12(11)2)17-13(3)24-19(21-17)22-18(23)14-6-8-16(20)9-7-14/h4-10H,1-3H3,(H,21,22,23). The molecule has 0 saturated heterocycles. The van der Waals surface area contributed by atoms with E-state index in [4.69, 9.17) is 0 Å². The number of carbonyl (C=O) groups is 1. The van der Waals surface area contributed by atoms with Crippen molar-refractivity contribution in [1.82, 2.24) is 4.98 Å². The van der Waals surface area contributed by atoms with Gasteiger partial charge in [0, 0.05) is 20.5 Å². The highest BCUT2D eigenvalue weighted by Crippen LogP contribution is 2.31. The molecule has 24 heavy (non-hydrogen) atoms. The summed E-state index contributed by atoms with van der Waals surface area (Å²) in [5, 5.41) is 3.51. The number of aromatic nitrogens is 1. The third kappa shape index (κ3) is 3.57. The molecule has 0 aliphatic carbocycles. The largest absolute Gasteiger partial charge is 0.298 e. The highest BCUT2D eigenvalue weighted by atomic mass is 79.9. The summed E-state index contributed by atoms with van der Waals surface area (Å²) in [6.07, 6.45) is 0. The molecule has 0 saturated carbocycles. The predicted octanol–water partition coefficient (Wildman–Crippen LogP) is 5.75. The fraction of sp³-hybridized carbons (Fsp3) is 0.158. The summed E-state index contributed by atoms with van der Waals surface area (Å²) in [6.45, 7) is 6.21. The number of thiazole rings is 1. The van der Waals surface area contributed by atoms with Crippen molar-refractivity contribution in [3.8, 4) is 11.3 Å². The minimum atomic E-state index is -0.150. The number of amides is 1. The van der Waals surface area contributed by atoms with E-state index >= 15 is 0 Å². The van der Waals surface area contributed by atoms with E-state index in [-0.39, 0.29) is 5.91 Å². The van der Waals surface area contributed by atoms with E-state index in [9.17, 15) is 4.79 Å². The summed E-state index contributed by atoms with van der Waals surface area (Å²) in [6, 6.07) is 13.6. The Morgan fingerprint density at radius 1 is 1.04 bits per heavy atom. The Hall–Kier alpha value is -1.98. The summed E-state index contributed by atoms with van der Waals surface area (Å²) in [5.74, 6) is -0.150. The number of nitrogens with one attached hydrogen (secondary N) is 1. The van der Waals surface area contributed by atoms with Crippen LogP contribution in [0.25, 0.3) is 11.3 Å². The molecule has 1 N–H and O–H groups in total. The van der Waals surface area contributed by atoms with Gasteiger partial charge in [-0.1, -0.05) is 28.1 Å². The van der Waals surface area contributed by atoms with E-state index in [1.54, 1.807) is 12.1 Å². The topological polar surface area (TPSA) is 42.0 Å². The average molecular weight is 401 g/mol. The Kier molecular flexibility index (Phi) is 4.83. The Morgan fingerprint density at radius 2 is 1.75 bits per heavy atom. The number of hydrogen-bond donors (Lipinski definition) is 1. The number of rotatable bonds is 3. The van der Waals surface area contributed by atoms with Crippen molar-refractivity contribution in [2.24, 2.45) is 0 Å². The molecule has 1 aromatic heterocycles. The smallest absolute Gasteiger partial charge is 0.257 e. The van der Waals surface area contributed by atoms with E-state index in [1.807, 2.05) is 19.1 Å². The summed E-state index contributed by atoms with van der Waals surface area (Å²) in [4.78, 5) is 18.0. The van der Waals surface area contributed by atoms with Crippen molar-refractivity contribution in [2.45, 2.75) is 20.8 Å². The summed E-state index contributed by atoms with van der Waals surface area (Å²) in [5.41, 5.74) is 5.11. The molecule has 3 aromatic rings. The molecule has 3 nitrogen and oxygen atoms in total. The number of anilines is 1. The van der Waals surface area contributed by atoms with Crippen LogP contribution in [0.15, 0.2) is 46.9 Å². The molecule has 0 aliphatic heterocycles. The summed E-state index contributed by atoms with van der Waals surface area (Å²) < 4.78 is 0.946. The first-order chi connectivity index (χ1) is 11.4. The zero-order valence-corrected chi connectivity index (χ0v) is 16.1. The SMILES string of the molecule is Cc1ccc(-c2nc(NC(=O)c3ccc(Br)cc3)sc2C)cc1C. The van der Waals surface area contributed by atoms with Gasteiger partial charge in [0.2, 0.25) is 0 Å². The molecule has 2 aromatic carbocycles. The van der Waals surface area contributed by atoms with Gasteiger partial charge < -0.3 is 0 Å². The summed E-state index contributed by atoms with van der Waals surface area (Å²) >= 11 is 4.86. The monoisotopic (exact) mass is 400 g/mol. The van der Waals surface area contributed by atoms with Crippen molar-refractivity contribution in [3.05, 3.63) is 68.5 Å². The Balaban J connectivity index is 1.84. The van der Waals surface area contributed by atoms with E-state index in [0.29, 0.717) is 10.7 Å². The molecule has 0 radical (unpaired) electrons. The first-order valence-corrected chi connectivity index (χ1v) is 9.17. The van der Waals surface area contributed by atoms with E-state index < -0.39 is 0 Å². The molecule has 3 rings (SSSR count). The lowest BCUT2D eigenvalue weighted by atomic mass is 10.0. The van der Waals surface area contributed by atoms with Crippen LogP contribution in [0.4, 0.5) is 5.13 Å². The van der Waals surface area contributed by atoms with Crippen LogP contribution in [0.1, 0.15) is 26.4 Å². The van der Waals surface area contributed by atoms with Crippen LogP contribution < -0.4 is 5.32 Å². The van der Waals surface area contributed by atoms with Gasteiger partial charge >= 0.3 is 0 Å². The minimum Gasteiger partial charge on any atom is -0.298 e. The van der Waals surface area contributed by atoms with Crippen molar-refractivity contribution >= 4 is 38.3 Å². The van der Waals surface area contributed by atoms with Crippen LogP contribution in [0, 0.1) is 20.8 Å². The molecule has 122 valence electrons. The maximum Gasteiger partial charge on any atom is 0.257 e. The predicted molar refractivity (Wildman–Crippen MR) is 104 cm³/mol. The molecule has 5 heteroatoms. The Bertz CT molecular complexity index is 900. The second-order valence-corrected chi connectivity index (χ2v) is 7.80. The van der Waals surface area contributed by atoms with Gasteiger partial charge in [-0.15, -0.1) is 11.3 Å². The van der Waals surface area contributed by atoms with E-state index in [1.165, 1.54) is 22.5 Å². The maximum atomic E-state index is 12.3. The zero-order valence-electron chi connectivity index (χ0n) is 13.7. The van der Waals surface area contributed by atoms with Crippen LogP contribution in [0.5, 0.6) is 0 Å². The Morgan fingerprint density at radius 3 is 2.42 bits per heavy atom. The first kappa shape index (κ1) is 16.9. The van der Waals surface area contributed by atoms with Gasteiger partial charge in [-0.05, 0) is 62.2 Å². The number of carbonyl (C=O) groups excluding carboxylic acids is 1. The molecular formula is C19H17BrN2OS. The second-order valence-electron chi connectivity index (χ2n) is 5.68. The quantitative estimate of drug-likeness (QED) is 0.607. The second kappa shape index (κ2) is 6.87. The average Bonchev–Trinajstić information content (AvgIpc) is 2.91. The molecule has 0 aliphatic rings. The van der Waals surface area contributed by atoms with Gasteiger partial charge in [0.1, 0.15) is 0 Å². The third-order valence-corrected chi connectivity index (χ3v) is 5.32. The minimum absolute atomic E-state index is 0.150. The van der Waals surface area contributed by atoms with Crippen LogP contribution in [-0.4, -0.2) is 10.9 Å². The van der Waals surface area contributed by atoms with Gasteiger partial charge in [-0.3, -0.25) is 10.1 Å². The molecule has 0 fully saturated rings. The van der Waals surface area contributed by atoms with Crippen LogP contribution >= 0.6 is 27.3 Å². The zero-order chi connectivity index (χ0) is 17.3. The van der Waals surface area contributed by atoms with Crippen LogP contribution in [-0.2, 0) is 0 Å². The highest BCUT2D eigenvalue weighted by molar-refractivity contribution is 9.10. The third-order valence-electron chi connectivity index (χ3n) is 3.90. The van der Waals surface area contributed by atoms with E-state index in [0.717, 1.165) is 20.6 Å². The van der Waals surface area contributed by atoms with Crippen LogP contribution in [0.2, 0.25) is 0 Å². The summed E-state index contributed by atoms with van der Waals surface area (Å²) in [7, 11) is 0. The van der Waals surface area contributed by atoms with Crippen molar-refractivity contribution in [3.63, 3.8) is 0 Å². The molecule has 0 atom stereocenters.